The minimum absolute atomic E-state index is 0.0353. The van der Waals surface area contributed by atoms with Crippen LogP contribution in [-0.2, 0) is 9.59 Å². The van der Waals surface area contributed by atoms with Gasteiger partial charge < -0.3 is 14.8 Å². The molecule has 8 heteroatoms. The third-order valence-corrected chi connectivity index (χ3v) is 3.13. The highest BCUT2D eigenvalue weighted by molar-refractivity contribution is 6.05. The standard InChI is InChI=1S/C18H20N4O4/c1-13(10-17(23)20-16-8-3-4-9-19-16)21-22-18(24)12-26-15-7-5-6-14(11-15)25-2/h3-9,11H,10,12H2,1-2H3,(H,22,24)(H,19,20,23)/b21-13-. The van der Waals surface area contributed by atoms with Gasteiger partial charge in [0.05, 0.1) is 13.5 Å². The summed E-state index contributed by atoms with van der Waals surface area (Å²) in [5.41, 5.74) is 2.80. The second-order valence-corrected chi connectivity index (χ2v) is 5.29. The lowest BCUT2D eigenvalue weighted by atomic mass is 10.3. The number of hydrazone groups is 1. The molecule has 0 unspecified atom stereocenters. The third-order valence-electron chi connectivity index (χ3n) is 3.13. The topological polar surface area (TPSA) is 102 Å². The second-order valence-electron chi connectivity index (χ2n) is 5.29. The summed E-state index contributed by atoms with van der Waals surface area (Å²) in [6.07, 6.45) is 1.62. The van der Waals surface area contributed by atoms with Crippen LogP contribution in [0.2, 0.25) is 0 Å². The van der Waals surface area contributed by atoms with Crippen LogP contribution < -0.4 is 20.2 Å². The van der Waals surface area contributed by atoms with Crippen LogP contribution in [0.15, 0.2) is 53.8 Å². The Bertz CT molecular complexity index is 778. The van der Waals surface area contributed by atoms with Crippen LogP contribution in [0.5, 0.6) is 11.5 Å². The molecule has 0 atom stereocenters. The van der Waals surface area contributed by atoms with Crippen LogP contribution >= 0.6 is 0 Å². The highest BCUT2D eigenvalue weighted by atomic mass is 16.5. The second kappa shape index (κ2) is 9.77. The zero-order chi connectivity index (χ0) is 18.8. The minimum Gasteiger partial charge on any atom is -0.497 e. The van der Waals surface area contributed by atoms with Crippen LogP contribution in [0.3, 0.4) is 0 Å². The molecule has 1 aromatic carbocycles. The van der Waals surface area contributed by atoms with Gasteiger partial charge in [0.1, 0.15) is 17.3 Å². The molecule has 0 spiro atoms. The fourth-order valence-corrected chi connectivity index (χ4v) is 1.93. The molecule has 2 aromatic rings. The first-order valence-corrected chi connectivity index (χ1v) is 7.86. The lowest BCUT2D eigenvalue weighted by Gasteiger charge is -2.07. The van der Waals surface area contributed by atoms with E-state index in [1.165, 1.54) is 0 Å². The number of ether oxygens (including phenoxy) is 2. The first-order valence-electron chi connectivity index (χ1n) is 7.86. The predicted molar refractivity (Wildman–Crippen MR) is 97.2 cm³/mol. The van der Waals surface area contributed by atoms with Gasteiger partial charge in [-0.05, 0) is 31.2 Å². The summed E-state index contributed by atoms with van der Waals surface area (Å²) in [6.45, 7) is 1.44. The molecule has 0 aliphatic rings. The van der Waals surface area contributed by atoms with Crippen molar-refractivity contribution in [3.63, 3.8) is 0 Å². The maximum atomic E-state index is 11.9. The molecule has 26 heavy (non-hydrogen) atoms. The number of rotatable bonds is 8. The molecule has 1 aromatic heterocycles. The molecule has 0 saturated heterocycles. The van der Waals surface area contributed by atoms with E-state index >= 15 is 0 Å². The number of nitrogens with one attached hydrogen (secondary N) is 2. The molecule has 0 radical (unpaired) electrons. The predicted octanol–water partition coefficient (Wildman–Crippen LogP) is 1.99. The summed E-state index contributed by atoms with van der Waals surface area (Å²) < 4.78 is 10.4. The largest absolute Gasteiger partial charge is 0.497 e. The number of benzene rings is 1. The minimum atomic E-state index is -0.433. The maximum Gasteiger partial charge on any atom is 0.277 e. The number of nitrogens with zero attached hydrogens (tertiary/aromatic N) is 2. The zero-order valence-corrected chi connectivity index (χ0v) is 14.6. The lowest BCUT2D eigenvalue weighted by Crippen LogP contribution is -2.26. The number of hydrogen-bond acceptors (Lipinski definition) is 6. The molecule has 2 rings (SSSR count). The van der Waals surface area contributed by atoms with Gasteiger partial charge in [-0.25, -0.2) is 10.4 Å². The molecule has 0 fully saturated rings. The number of pyridine rings is 1. The number of hydrogen-bond donors (Lipinski definition) is 2. The molecule has 0 aliphatic heterocycles. The van der Waals surface area contributed by atoms with Gasteiger partial charge in [0.25, 0.3) is 5.91 Å². The van der Waals surface area contributed by atoms with E-state index in [2.05, 4.69) is 20.8 Å². The third kappa shape index (κ3) is 6.60. The van der Waals surface area contributed by atoms with Crippen molar-refractivity contribution in [3.8, 4) is 11.5 Å². The van der Waals surface area contributed by atoms with E-state index in [1.54, 1.807) is 62.7 Å². The zero-order valence-electron chi connectivity index (χ0n) is 14.6. The monoisotopic (exact) mass is 356 g/mol. The Hall–Kier alpha value is -3.42. The van der Waals surface area contributed by atoms with Gasteiger partial charge in [0.2, 0.25) is 5.91 Å². The maximum absolute atomic E-state index is 11.9. The van der Waals surface area contributed by atoms with Gasteiger partial charge in [-0.2, -0.15) is 5.10 Å². The van der Waals surface area contributed by atoms with E-state index in [0.717, 1.165) is 0 Å². The van der Waals surface area contributed by atoms with Crippen molar-refractivity contribution in [2.45, 2.75) is 13.3 Å². The summed E-state index contributed by atoms with van der Waals surface area (Å²) >= 11 is 0. The number of carbonyl (C=O) groups is 2. The number of carbonyl (C=O) groups excluding carboxylic acids is 2. The smallest absolute Gasteiger partial charge is 0.277 e. The number of methoxy groups -OCH3 is 1. The van der Waals surface area contributed by atoms with E-state index in [0.29, 0.717) is 23.0 Å². The van der Waals surface area contributed by atoms with Crippen molar-refractivity contribution in [1.29, 1.82) is 0 Å². The molecular formula is C18H20N4O4. The molecular weight excluding hydrogens is 336 g/mol. The van der Waals surface area contributed by atoms with Gasteiger partial charge in [0, 0.05) is 18.0 Å². The van der Waals surface area contributed by atoms with E-state index in [9.17, 15) is 9.59 Å². The van der Waals surface area contributed by atoms with Crippen molar-refractivity contribution < 1.29 is 19.1 Å². The Morgan fingerprint density at radius 1 is 1.12 bits per heavy atom. The van der Waals surface area contributed by atoms with Crippen molar-refractivity contribution >= 4 is 23.3 Å². The highest BCUT2D eigenvalue weighted by Gasteiger charge is 2.07. The van der Waals surface area contributed by atoms with Gasteiger partial charge in [-0.15, -0.1) is 0 Å². The molecule has 2 N–H and O–H groups in total. The Kier molecular flexibility index (Phi) is 7.11. The molecule has 0 saturated carbocycles. The molecule has 0 aliphatic carbocycles. The number of amides is 2. The quantitative estimate of drug-likeness (QED) is 0.556. The average Bonchev–Trinajstić information content (AvgIpc) is 2.65. The van der Waals surface area contributed by atoms with Crippen molar-refractivity contribution in [2.75, 3.05) is 19.0 Å². The molecule has 1 heterocycles. The molecule has 136 valence electrons. The fourth-order valence-electron chi connectivity index (χ4n) is 1.93. The molecule has 2 amide bonds. The first kappa shape index (κ1) is 18.9. The SMILES string of the molecule is COc1cccc(OCC(=O)N/N=C(/C)CC(=O)Nc2ccccn2)c1. The highest BCUT2D eigenvalue weighted by Crippen LogP contribution is 2.18. The number of aromatic nitrogens is 1. The average molecular weight is 356 g/mol. The van der Waals surface area contributed by atoms with Crippen LogP contribution in [-0.4, -0.2) is 36.2 Å². The Labute approximate surface area is 151 Å². The fraction of sp³-hybridized carbons (Fsp3) is 0.222. The Morgan fingerprint density at radius 3 is 2.65 bits per heavy atom. The molecule has 8 nitrogen and oxygen atoms in total. The van der Waals surface area contributed by atoms with E-state index in [1.807, 2.05) is 0 Å². The summed E-state index contributed by atoms with van der Waals surface area (Å²) in [5.74, 6) is 0.899. The first-order chi connectivity index (χ1) is 12.6. The van der Waals surface area contributed by atoms with Crippen LogP contribution in [0.1, 0.15) is 13.3 Å². The van der Waals surface area contributed by atoms with Crippen LogP contribution in [0, 0.1) is 0 Å². The summed E-state index contributed by atoms with van der Waals surface area (Å²) in [6, 6.07) is 12.1. The van der Waals surface area contributed by atoms with Gasteiger partial charge >= 0.3 is 0 Å². The summed E-state index contributed by atoms with van der Waals surface area (Å²) in [7, 11) is 1.55. The van der Waals surface area contributed by atoms with E-state index in [4.69, 9.17) is 9.47 Å². The lowest BCUT2D eigenvalue weighted by molar-refractivity contribution is -0.123. The van der Waals surface area contributed by atoms with E-state index in [-0.39, 0.29) is 18.9 Å². The molecule has 0 bridgehead atoms. The van der Waals surface area contributed by atoms with Crippen LogP contribution in [0.4, 0.5) is 5.82 Å². The Balaban J connectivity index is 1.74. The van der Waals surface area contributed by atoms with Crippen molar-refractivity contribution in [2.24, 2.45) is 5.10 Å². The normalized spacial score (nSPS) is 10.8. The Morgan fingerprint density at radius 2 is 1.92 bits per heavy atom. The van der Waals surface area contributed by atoms with Crippen LogP contribution in [0.25, 0.3) is 0 Å². The van der Waals surface area contributed by atoms with Crippen molar-refractivity contribution in [3.05, 3.63) is 48.7 Å². The summed E-state index contributed by atoms with van der Waals surface area (Å²) in [4.78, 5) is 27.6. The van der Waals surface area contributed by atoms with Gasteiger partial charge in [0.15, 0.2) is 6.61 Å². The van der Waals surface area contributed by atoms with E-state index < -0.39 is 5.91 Å². The summed E-state index contributed by atoms with van der Waals surface area (Å²) in [5, 5.41) is 6.52. The van der Waals surface area contributed by atoms with Crippen molar-refractivity contribution in [1.82, 2.24) is 10.4 Å². The number of anilines is 1. The van der Waals surface area contributed by atoms with Gasteiger partial charge in [-0.1, -0.05) is 12.1 Å². The van der Waals surface area contributed by atoms with Gasteiger partial charge in [-0.3, -0.25) is 9.59 Å².